The molecule has 0 bridgehead atoms. The standard InChI is InChI=1S/C13H10N4/c14-17-16-13-3-1-2-12(10-13)5-4-11-6-8-15-9-7-11/h1-10H. The number of benzene rings is 1. The lowest BCUT2D eigenvalue weighted by Crippen LogP contribution is -1.73. The van der Waals surface area contributed by atoms with Gasteiger partial charge in [-0.1, -0.05) is 35.5 Å². The van der Waals surface area contributed by atoms with Gasteiger partial charge in [0, 0.05) is 23.0 Å². The largest absolute Gasteiger partial charge is 0.265 e. The van der Waals surface area contributed by atoms with Gasteiger partial charge in [-0.15, -0.1) is 0 Å². The van der Waals surface area contributed by atoms with Crippen molar-refractivity contribution in [1.29, 1.82) is 0 Å². The Hall–Kier alpha value is -2.58. The summed E-state index contributed by atoms with van der Waals surface area (Å²) in [6.07, 6.45) is 7.44. The fourth-order valence-corrected chi connectivity index (χ4v) is 1.41. The van der Waals surface area contributed by atoms with E-state index in [1.807, 2.05) is 42.5 Å². The van der Waals surface area contributed by atoms with Gasteiger partial charge < -0.3 is 0 Å². The Morgan fingerprint density at radius 2 is 1.82 bits per heavy atom. The Kier molecular flexibility index (Phi) is 3.53. The van der Waals surface area contributed by atoms with Crippen molar-refractivity contribution in [2.24, 2.45) is 5.11 Å². The molecule has 1 aromatic heterocycles. The lowest BCUT2D eigenvalue weighted by molar-refractivity contribution is 1.32. The first-order chi connectivity index (χ1) is 8.38. The number of azide groups is 1. The summed E-state index contributed by atoms with van der Waals surface area (Å²) < 4.78 is 0. The summed E-state index contributed by atoms with van der Waals surface area (Å²) in [4.78, 5) is 6.71. The molecule has 0 spiro atoms. The minimum Gasteiger partial charge on any atom is -0.265 e. The number of pyridine rings is 1. The van der Waals surface area contributed by atoms with Crippen molar-refractivity contribution in [1.82, 2.24) is 4.98 Å². The molecular weight excluding hydrogens is 212 g/mol. The number of rotatable bonds is 3. The molecule has 4 nitrogen and oxygen atoms in total. The molecule has 2 aromatic rings. The minimum atomic E-state index is 0.615. The molecule has 0 fully saturated rings. The molecule has 0 atom stereocenters. The Morgan fingerprint density at radius 3 is 2.59 bits per heavy atom. The molecule has 0 unspecified atom stereocenters. The van der Waals surface area contributed by atoms with Crippen LogP contribution in [-0.4, -0.2) is 4.98 Å². The molecule has 0 aliphatic carbocycles. The summed E-state index contributed by atoms with van der Waals surface area (Å²) in [5.41, 5.74) is 11.0. The molecule has 1 aromatic carbocycles. The molecule has 2 rings (SSSR count). The van der Waals surface area contributed by atoms with Crippen LogP contribution in [-0.2, 0) is 0 Å². The molecule has 0 N–H and O–H groups in total. The Bertz CT molecular complexity index is 569. The highest BCUT2D eigenvalue weighted by Gasteiger charge is 1.90. The summed E-state index contributed by atoms with van der Waals surface area (Å²) in [5, 5.41) is 3.56. The van der Waals surface area contributed by atoms with Gasteiger partial charge in [-0.3, -0.25) is 4.98 Å². The van der Waals surface area contributed by atoms with Crippen molar-refractivity contribution in [3.63, 3.8) is 0 Å². The molecule has 82 valence electrons. The van der Waals surface area contributed by atoms with Gasteiger partial charge in [0.05, 0.1) is 0 Å². The van der Waals surface area contributed by atoms with Crippen LogP contribution in [0.25, 0.3) is 22.6 Å². The molecule has 1 heterocycles. The predicted octanol–water partition coefficient (Wildman–Crippen LogP) is 4.19. The monoisotopic (exact) mass is 222 g/mol. The van der Waals surface area contributed by atoms with Gasteiger partial charge in [0.15, 0.2) is 0 Å². The average molecular weight is 222 g/mol. The minimum absolute atomic E-state index is 0.615. The molecule has 0 aliphatic heterocycles. The van der Waals surface area contributed by atoms with Crippen LogP contribution in [0.1, 0.15) is 11.1 Å². The molecule has 4 heteroatoms. The zero-order valence-corrected chi connectivity index (χ0v) is 9.06. The fourth-order valence-electron chi connectivity index (χ4n) is 1.41. The summed E-state index contributed by atoms with van der Waals surface area (Å²) in [7, 11) is 0. The number of hydrogen-bond donors (Lipinski definition) is 0. The van der Waals surface area contributed by atoms with Crippen LogP contribution >= 0.6 is 0 Å². The molecule has 17 heavy (non-hydrogen) atoms. The highest BCUT2D eigenvalue weighted by atomic mass is 15.1. The van der Waals surface area contributed by atoms with Crippen LogP contribution in [0.5, 0.6) is 0 Å². The molecule has 0 amide bonds. The maximum Gasteiger partial charge on any atom is 0.0381 e. The van der Waals surface area contributed by atoms with E-state index in [0.717, 1.165) is 11.1 Å². The van der Waals surface area contributed by atoms with Crippen molar-refractivity contribution >= 4 is 17.8 Å². The van der Waals surface area contributed by atoms with Crippen LogP contribution in [0.3, 0.4) is 0 Å². The van der Waals surface area contributed by atoms with Crippen LogP contribution in [0.4, 0.5) is 5.69 Å². The van der Waals surface area contributed by atoms with E-state index in [1.165, 1.54) is 0 Å². The zero-order valence-electron chi connectivity index (χ0n) is 9.06. The first-order valence-corrected chi connectivity index (χ1v) is 5.12. The summed E-state index contributed by atoms with van der Waals surface area (Å²) in [6, 6.07) is 11.3. The summed E-state index contributed by atoms with van der Waals surface area (Å²) >= 11 is 0. The lowest BCUT2D eigenvalue weighted by atomic mass is 10.1. The van der Waals surface area contributed by atoms with E-state index in [2.05, 4.69) is 15.0 Å². The lowest BCUT2D eigenvalue weighted by Gasteiger charge is -1.95. The second-order valence-corrected chi connectivity index (χ2v) is 3.40. The third kappa shape index (κ3) is 3.19. The SMILES string of the molecule is [N-]=[N+]=Nc1cccc(C=Cc2ccncc2)c1. The first kappa shape index (κ1) is 10.9. The maximum atomic E-state index is 8.35. The van der Waals surface area contributed by atoms with Gasteiger partial charge in [0.25, 0.3) is 0 Å². The molecule has 0 radical (unpaired) electrons. The van der Waals surface area contributed by atoms with Crippen molar-refractivity contribution in [2.75, 3.05) is 0 Å². The molecule has 0 saturated carbocycles. The molecule has 0 aliphatic rings. The van der Waals surface area contributed by atoms with Crippen LogP contribution < -0.4 is 0 Å². The third-order valence-electron chi connectivity index (χ3n) is 2.20. The van der Waals surface area contributed by atoms with Gasteiger partial charge >= 0.3 is 0 Å². The second-order valence-electron chi connectivity index (χ2n) is 3.40. The van der Waals surface area contributed by atoms with Gasteiger partial charge in [-0.2, -0.15) is 0 Å². The normalized spacial score (nSPS) is 10.1. The maximum absolute atomic E-state index is 8.35. The molecule has 0 saturated heterocycles. The average Bonchev–Trinajstić information content (AvgIpc) is 2.39. The number of nitrogens with zero attached hydrogens (tertiary/aromatic N) is 4. The van der Waals surface area contributed by atoms with E-state index in [4.69, 9.17) is 5.53 Å². The first-order valence-electron chi connectivity index (χ1n) is 5.12. The predicted molar refractivity (Wildman–Crippen MR) is 68.4 cm³/mol. The van der Waals surface area contributed by atoms with Gasteiger partial charge in [-0.25, -0.2) is 0 Å². The summed E-state index contributed by atoms with van der Waals surface area (Å²) in [6.45, 7) is 0. The van der Waals surface area contributed by atoms with E-state index < -0.39 is 0 Å². The van der Waals surface area contributed by atoms with Gasteiger partial charge in [-0.05, 0) is 34.9 Å². The van der Waals surface area contributed by atoms with Crippen molar-refractivity contribution in [3.05, 3.63) is 70.4 Å². The van der Waals surface area contributed by atoms with Gasteiger partial charge in [0.1, 0.15) is 0 Å². The van der Waals surface area contributed by atoms with Gasteiger partial charge in [0.2, 0.25) is 0 Å². The molecular formula is C13H10N4. The van der Waals surface area contributed by atoms with Crippen LogP contribution in [0, 0.1) is 0 Å². The third-order valence-corrected chi connectivity index (χ3v) is 2.20. The quantitative estimate of drug-likeness (QED) is 0.436. The topological polar surface area (TPSA) is 61.7 Å². The Labute approximate surface area is 98.9 Å². The van der Waals surface area contributed by atoms with Crippen molar-refractivity contribution in [3.8, 4) is 0 Å². The summed E-state index contributed by atoms with van der Waals surface area (Å²) in [5.74, 6) is 0. The fraction of sp³-hybridized carbons (Fsp3) is 0. The van der Waals surface area contributed by atoms with Crippen molar-refractivity contribution in [2.45, 2.75) is 0 Å². The van der Waals surface area contributed by atoms with Crippen LogP contribution in [0.15, 0.2) is 53.9 Å². The highest BCUT2D eigenvalue weighted by molar-refractivity contribution is 5.70. The number of hydrogen-bond acceptors (Lipinski definition) is 2. The Balaban J connectivity index is 2.21. The van der Waals surface area contributed by atoms with E-state index in [0.29, 0.717) is 5.69 Å². The van der Waals surface area contributed by atoms with Crippen molar-refractivity contribution < 1.29 is 0 Å². The highest BCUT2D eigenvalue weighted by Crippen LogP contribution is 2.16. The van der Waals surface area contributed by atoms with Crippen LogP contribution in [0.2, 0.25) is 0 Å². The van der Waals surface area contributed by atoms with E-state index >= 15 is 0 Å². The second kappa shape index (κ2) is 5.49. The van der Waals surface area contributed by atoms with E-state index in [1.54, 1.807) is 18.5 Å². The van der Waals surface area contributed by atoms with E-state index in [9.17, 15) is 0 Å². The van der Waals surface area contributed by atoms with E-state index in [-0.39, 0.29) is 0 Å². The smallest absolute Gasteiger partial charge is 0.0381 e. The zero-order chi connectivity index (χ0) is 11.9. The Morgan fingerprint density at radius 1 is 1.06 bits per heavy atom. The number of aromatic nitrogens is 1.